The Morgan fingerprint density at radius 3 is 2.28 bits per heavy atom. The van der Waals surface area contributed by atoms with Crippen LogP contribution in [0.15, 0.2) is 6.07 Å². The molecule has 102 valence electrons. The van der Waals surface area contributed by atoms with Gasteiger partial charge in [-0.1, -0.05) is 0 Å². The molecule has 1 rings (SSSR count). The van der Waals surface area contributed by atoms with Gasteiger partial charge in [0, 0.05) is 39.1 Å². The van der Waals surface area contributed by atoms with Crippen LogP contribution < -0.4 is 5.73 Å². The average Bonchev–Trinajstić information content (AvgIpc) is 2.31. The van der Waals surface area contributed by atoms with Crippen LogP contribution in [0.5, 0.6) is 0 Å². The molecule has 0 amide bonds. The van der Waals surface area contributed by atoms with Gasteiger partial charge in [-0.05, 0) is 6.92 Å². The van der Waals surface area contributed by atoms with Gasteiger partial charge in [-0.3, -0.25) is 4.90 Å². The Morgan fingerprint density at radius 2 is 1.78 bits per heavy atom. The van der Waals surface area contributed by atoms with Crippen molar-refractivity contribution < 1.29 is 9.47 Å². The number of nitrogen functional groups attached to an aromatic ring is 1. The Hall–Kier alpha value is -1.24. The van der Waals surface area contributed by atoms with E-state index in [9.17, 15) is 0 Å². The fourth-order valence-electron chi connectivity index (χ4n) is 1.64. The van der Waals surface area contributed by atoms with Crippen molar-refractivity contribution in [1.82, 2.24) is 14.9 Å². The normalized spacial score (nSPS) is 11.1. The van der Waals surface area contributed by atoms with Gasteiger partial charge < -0.3 is 15.2 Å². The number of hydrogen-bond donors (Lipinski definition) is 1. The standard InChI is InChI=1S/C12H22N4O2/c1-10-8-11(13)15-12(14-10)9-16(4-6-17-2)5-7-18-3/h8H,4-7,9H2,1-3H3,(H2,13,14,15). The fraction of sp³-hybridized carbons (Fsp3) is 0.667. The van der Waals surface area contributed by atoms with Crippen LogP contribution in [-0.2, 0) is 16.0 Å². The molecular weight excluding hydrogens is 232 g/mol. The summed E-state index contributed by atoms with van der Waals surface area (Å²) < 4.78 is 10.2. The second-order valence-corrected chi connectivity index (χ2v) is 4.11. The predicted octanol–water partition coefficient (Wildman–Crippen LogP) is 0.462. The van der Waals surface area contributed by atoms with Crippen molar-refractivity contribution in [2.24, 2.45) is 0 Å². The SMILES string of the molecule is COCCN(CCOC)Cc1nc(C)cc(N)n1. The van der Waals surface area contributed by atoms with Crippen molar-refractivity contribution in [2.45, 2.75) is 13.5 Å². The van der Waals surface area contributed by atoms with Crippen molar-refractivity contribution in [3.63, 3.8) is 0 Å². The summed E-state index contributed by atoms with van der Waals surface area (Å²) >= 11 is 0. The number of ether oxygens (including phenoxy) is 2. The van der Waals surface area contributed by atoms with Gasteiger partial charge >= 0.3 is 0 Å². The molecule has 18 heavy (non-hydrogen) atoms. The molecule has 0 fully saturated rings. The number of aryl methyl sites for hydroxylation is 1. The Kier molecular flexibility index (Phi) is 6.56. The highest BCUT2D eigenvalue weighted by atomic mass is 16.5. The first-order valence-corrected chi connectivity index (χ1v) is 5.96. The monoisotopic (exact) mass is 254 g/mol. The van der Waals surface area contributed by atoms with Crippen molar-refractivity contribution in [3.05, 3.63) is 17.6 Å². The minimum atomic E-state index is 0.510. The molecule has 0 radical (unpaired) electrons. The third-order valence-corrected chi connectivity index (χ3v) is 2.51. The Bertz CT molecular complexity index is 332. The van der Waals surface area contributed by atoms with E-state index < -0.39 is 0 Å². The van der Waals surface area contributed by atoms with Gasteiger partial charge in [-0.15, -0.1) is 0 Å². The number of nitrogens with zero attached hydrogens (tertiary/aromatic N) is 3. The Balaban J connectivity index is 2.62. The molecule has 0 saturated carbocycles. The molecule has 0 bridgehead atoms. The summed E-state index contributed by atoms with van der Waals surface area (Å²) in [5, 5.41) is 0. The molecular formula is C12H22N4O2. The van der Waals surface area contributed by atoms with Crippen LogP contribution in [0, 0.1) is 6.92 Å². The third kappa shape index (κ3) is 5.39. The van der Waals surface area contributed by atoms with E-state index in [1.54, 1.807) is 20.3 Å². The van der Waals surface area contributed by atoms with E-state index in [1.807, 2.05) is 6.92 Å². The number of anilines is 1. The number of nitrogens with two attached hydrogens (primary N) is 1. The molecule has 0 aromatic carbocycles. The van der Waals surface area contributed by atoms with Gasteiger partial charge in [0.2, 0.25) is 0 Å². The lowest BCUT2D eigenvalue weighted by molar-refractivity contribution is 0.109. The first-order valence-electron chi connectivity index (χ1n) is 5.96. The van der Waals surface area contributed by atoms with E-state index in [0.29, 0.717) is 25.6 Å². The summed E-state index contributed by atoms with van der Waals surface area (Å²) in [5.74, 6) is 1.25. The second-order valence-electron chi connectivity index (χ2n) is 4.11. The molecule has 1 aromatic rings. The first kappa shape index (κ1) is 14.8. The van der Waals surface area contributed by atoms with Gasteiger partial charge in [-0.25, -0.2) is 9.97 Å². The maximum Gasteiger partial charge on any atom is 0.144 e. The van der Waals surface area contributed by atoms with E-state index in [4.69, 9.17) is 15.2 Å². The van der Waals surface area contributed by atoms with Crippen LogP contribution in [-0.4, -0.2) is 55.4 Å². The number of aromatic nitrogens is 2. The highest BCUT2D eigenvalue weighted by molar-refractivity contribution is 5.29. The second kappa shape index (κ2) is 7.97. The summed E-state index contributed by atoms with van der Waals surface area (Å²) in [6, 6.07) is 1.76. The zero-order chi connectivity index (χ0) is 13.4. The molecule has 6 heteroatoms. The maximum atomic E-state index is 5.72. The lowest BCUT2D eigenvalue weighted by atomic mass is 10.4. The number of methoxy groups -OCH3 is 2. The molecule has 0 aliphatic rings. The van der Waals surface area contributed by atoms with Crippen molar-refractivity contribution in [1.29, 1.82) is 0 Å². The highest BCUT2D eigenvalue weighted by Crippen LogP contribution is 2.05. The molecule has 0 saturated heterocycles. The number of rotatable bonds is 8. The van der Waals surface area contributed by atoms with Crippen molar-refractivity contribution in [2.75, 3.05) is 46.3 Å². The van der Waals surface area contributed by atoms with E-state index in [0.717, 1.165) is 24.6 Å². The van der Waals surface area contributed by atoms with E-state index in [-0.39, 0.29) is 0 Å². The lowest BCUT2D eigenvalue weighted by Crippen LogP contribution is -2.31. The molecule has 6 nitrogen and oxygen atoms in total. The van der Waals surface area contributed by atoms with E-state index >= 15 is 0 Å². The minimum absolute atomic E-state index is 0.510. The fourth-order valence-corrected chi connectivity index (χ4v) is 1.64. The summed E-state index contributed by atoms with van der Waals surface area (Å²) in [6.07, 6.45) is 0. The smallest absolute Gasteiger partial charge is 0.144 e. The summed E-state index contributed by atoms with van der Waals surface area (Å²) in [5.41, 5.74) is 6.60. The third-order valence-electron chi connectivity index (χ3n) is 2.51. The molecule has 1 heterocycles. The summed E-state index contributed by atoms with van der Waals surface area (Å²) in [4.78, 5) is 10.8. The van der Waals surface area contributed by atoms with Gasteiger partial charge in [-0.2, -0.15) is 0 Å². The van der Waals surface area contributed by atoms with Gasteiger partial charge in [0.05, 0.1) is 19.8 Å². The van der Waals surface area contributed by atoms with Crippen molar-refractivity contribution >= 4 is 5.82 Å². The largest absolute Gasteiger partial charge is 0.384 e. The number of hydrogen-bond acceptors (Lipinski definition) is 6. The first-order chi connectivity index (χ1) is 8.65. The molecule has 0 aliphatic heterocycles. The van der Waals surface area contributed by atoms with Crippen molar-refractivity contribution in [3.8, 4) is 0 Å². The average molecular weight is 254 g/mol. The lowest BCUT2D eigenvalue weighted by Gasteiger charge is -2.20. The van der Waals surface area contributed by atoms with Crippen LogP contribution in [0.1, 0.15) is 11.5 Å². The van der Waals surface area contributed by atoms with Gasteiger partial charge in [0.25, 0.3) is 0 Å². The van der Waals surface area contributed by atoms with Gasteiger partial charge in [0.15, 0.2) is 0 Å². The quantitative estimate of drug-likeness (QED) is 0.726. The van der Waals surface area contributed by atoms with Crippen LogP contribution in [0.4, 0.5) is 5.82 Å². The summed E-state index contributed by atoms with van der Waals surface area (Å²) in [6.45, 7) is 5.54. The zero-order valence-corrected chi connectivity index (χ0v) is 11.3. The Morgan fingerprint density at radius 1 is 1.17 bits per heavy atom. The molecule has 1 aromatic heterocycles. The maximum absolute atomic E-state index is 5.72. The topological polar surface area (TPSA) is 73.5 Å². The highest BCUT2D eigenvalue weighted by Gasteiger charge is 2.08. The Labute approximate surface area is 108 Å². The van der Waals surface area contributed by atoms with E-state index in [1.165, 1.54) is 0 Å². The molecule has 0 aliphatic carbocycles. The van der Waals surface area contributed by atoms with Gasteiger partial charge in [0.1, 0.15) is 11.6 Å². The van der Waals surface area contributed by atoms with Crippen LogP contribution >= 0.6 is 0 Å². The molecule has 0 unspecified atom stereocenters. The molecule has 2 N–H and O–H groups in total. The van der Waals surface area contributed by atoms with Crippen LogP contribution in [0.2, 0.25) is 0 Å². The van der Waals surface area contributed by atoms with Crippen LogP contribution in [0.25, 0.3) is 0 Å². The van der Waals surface area contributed by atoms with E-state index in [2.05, 4.69) is 14.9 Å². The van der Waals surface area contributed by atoms with Crippen LogP contribution in [0.3, 0.4) is 0 Å². The summed E-state index contributed by atoms with van der Waals surface area (Å²) in [7, 11) is 3.38. The zero-order valence-electron chi connectivity index (χ0n) is 11.3. The predicted molar refractivity (Wildman–Crippen MR) is 70.2 cm³/mol. The minimum Gasteiger partial charge on any atom is -0.384 e. The molecule has 0 atom stereocenters. The molecule has 0 spiro atoms.